The van der Waals surface area contributed by atoms with Crippen molar-refractivity contribution in [3.05, 3.63) is 28.8 Å². The Morgan fingerprint density at radius 2 is 2.12 bits per heavy atom. The first kappa shape index (κ1) is 13.3. The highest BCUT2D eigenvalue weighted by Gasteiger charge is 2.13. The minimum Gasteiger partial charge on any atom is -0.481 e. The molecule has 0 aliphatic carbocycles. The summed E-state index contributed by atoms with van der Waals surface area (Å²) < 4.78 is 0. The molecule has 0 fully saturated rings. The van der Waals surface area contributed by atoms with Crippen LogP contribution in [0.25, 0.3) is 0 Å². The average molecular weight is 257 g/mol. The highest BCUT2D eigenvalue weighted by Crippen LogP contribution is 2.16. The van der Waals surface area contributed by atoms with Crippen molar-refractivity contribution in [1.82, 2.24) is 5.32 Å². The number of carboxylic acids is 1. The number of nitrogens with one attached hydrogen (secondary N) is 1. The summed E-state index contributed by atoms with van der Waals surface area (Å²) in [6.45, 7) is 1.57. The summed E-state index contributed by atoms with van der Waals surface area (Å²) in [6.07, 6.45) is 0. The monoisotopic (exact) mass is 256 g/mol. The first-order valence-electron chi connectivity index (χ1n) is 4.97. The number of carboxylic acid groups (broad SMARTS) is 1. The third kappa shape index (κ3) is 3.96. The van der Waals surface area contributed by atoms with Gasteiger partial charge in [-0.3, -0.25) is 9.59 Å². The van der Waals surface area contributed by atoms with Gasteiger partial charge in [-0.25, -0.2) is 0 Å². The molecule has 0 heterocycles. The zero-order valence-electron chi connectivity index (χ0n) is 9.24. The van der Waals surface area contributed by atoms with Crippen molar-refractivity contribution in [1.29, 1.82) is 0 Å². The van der Waals surface area contributed by atoms with Gasteiger partial charge in [0.2, 0.25) is 0 Å². The fraction of sp³-hybridized carbons (Fsp3) is 0.273. The van der Waals surface area contributed by atoms with Gasteiger partial charge in [-0.2, -0.15) is 0 Å². The van der Waals surface area contributed by atoms with Crippen LogP contribution in [-0.2, 0) is 4.79 Å². The van der Waals surface area contributed by atoms with E-state index in [-0.39, 0.29) is 6.54 Å². The number of nitrogens with two attached hydrogens (primary N) is 1. The molecule has 0 saturated carbocycles. The number of anilines is 1. The van der Waals surface area contributed by atoms with Gasteiger partial charge in [-0.15, -0.1) is 0 Å². The molecule has 1 aromatic rings. The Bertz CT molecular complexity index is 428. The van der Waals surface area contributed by atoms with Gasteiger partial charge in [0.05, 0.1) is 5.92 Å². The Morgan fingerprint density at radius 1 is 1.47 bits per heavy atom. The van der Waals surface area contributed by atoms with Crippen LogP contribution in [0, 0.1) is 5.92 Å². The van der Waals surface area contributed by atoms with Crippen LogP contribution in [0.3, 0.4) is 0 Å². The zero-order chi connectivity index (χ0) is 13.0. The normalized spacial score (nSPS) is 11.9. The van der Waals surface area contributed by atoms with Crippen LogP contribution in [0.5, 0.6) is 0 Å². The number of nitrogen functional groups attached to an aromatic ring is 1. The molecule has 1 unspecified atom stereocenters. The molecule has 0 aromatic heterocycles. The molecule has 0 aliphatic heterocycles. The Morgan fingerprint density at radius 3 is 2.65 bits per heavy atom. The standard InChI is InChI=1S/C11H13ClN2O3/c1-6(11(16)17)5-14-10(15)7-2-8(12)4-9(13)3-7/h2-4,6H,5,13H2,1H3,(H,14,15)(H,16,17). The molecule has 1 aromatic carbocycles. The number of carbonyl (C=O) groups is 2. The van der Waals surface area contributed by atoms with E-state index in [1.54, 1.807) is 0 Å². The number of amides is 1. The maximum absolute atomic E-state index is 11.7. The molecule has 0 radical (unpaired) electrons. The smallest absolute Gasteiger partial charge is 0.308 e. The largest absolute Gasteiger partial charge is 0.481 e. The van der Waals surface area contributed by atoms with Crippen LogP contribution in [0.2, 0.25) is 5.02 Å². The summed E-state index contributed by atoms with van der Waals surface area (Å²) in [5, 5.41) is 11.5. The number of benzene rings is 1. The molecule has 6 heteroatoms. The number of hydrogen-bond acceptors (Lipinski definition) is 3. The molecule has 1 atom stereocenters. The van der Waals surface area contributed by atoms with Crippen LogP contribution >= 0.6 is 11.6 Å². The van der Waals surface area contributed by atoms with Gasteiger partial charge >= 0.3 is 5.97 Å². The summed E-state index contributed by atoms with van der Waals surface area (Å²) in [4.78, 5) is 22.2. The van der Waals surface area contributed by atoms with Gasteiger partial charge in [-0.05, 0) is 18.2 Å². The first-order chi connectivity index (χ1) is 7.90. The van der Waals surface area contributed by atoms with Crippen molar-refractivity contribution in [2.75, 3.05) is 12.3 Å². The van der Waals surface area contributed by atoms with Crippen molar-refractivity contribution in [3.63, 3.8) is 0 Å². The Labute approximate surface area is 104 Å². The maximum atomic E-state index is 11.7. The summed E-state index contributed by atoms with van der Waals surface area (Å²) >= 11 is 5.75. The van der Waals surface area contributed by atoms with Gasteiger partial charge in [0, 0.05) is 22.8 Å². The third-order valence-corrected chi connectivity index (χ3v) is 2.39. The van der Waals surface area contributed by atoms with Crippen molar-refractivity contribution in [3.8, 4) is 0 Å². The van der Waals surface area contributed by atoms with E-state index >= 15 is 0 Å². The van der Waals surface area contributed by atoms with Gasteiger partial charge in [0.15, 0.2) is 0 Å². The van der Waals surface area contributed by atoms with E-state index in [2.05, 4.69) is 5.32 Å². The van der Waals surface area contributed by atoms with E-state index in [0.29, 0.717) is 16.3 Å². The second-order valence-corrected chi connectivity index (χ2v) is 4.16. The van der Waals surface area contributed by atoms with Gasteiger partial charge in [0.1, 0.15) is 0 Å². The van der Waals surface area contributed by atoms with Crippen LogP contribution < -0.4 is 11.1 Å². The molecule has 92 valence electrons. The van der Waals surface area contributed by atoms with Crippen LogP contribution in [-0.4, -0.2) is 23.5 Å². The summed E-state index contributed by atoms with van der Waals surface area (Å²) in [5.74, 6) is -2.00. The van der Waals surface area contributed by atoms with E-state index in [1.807, 2.05) is 0 Å². The lowest BCUT2D eigenvalue weighted by Gasteiger charge is -2.09. The lowest BCUT2D eigenvalue weighted by Crippen LogP contribution is -2.31. The second-order valence-electron chi connectivity index (χ2n) is 3.72. The maximum Gasteiger partial charge on any atom is 0.308 e. The molecular formula is C11H13ClN2O3. The van der Waals surface area contributed by atoms with Crippen LogP contribution in [0.4, 0.5) is 5.69 Å². The van der Waals surface area contributed by atoms with Crippen molar-refractivity contribution >= 4 is 29.2 Å². The van der Waals surface area contributed by atoms with E-state index in [4.69, 9.17) is 22.4 Å². The highest BCUT2D eigenvalue weighted by molar-refractivity contribution is 6.31. The molecule has 0 spiro atoms. The molecule has 5 nitrogen and oxygen atoms in total. The molecule has 1 rings (SSSR count). The number of halogens is 1. The predicted octanol–water partition coefficient (Wildman–Crippen LogP) is 1.37. The second kappa shape index (κ2) is 5.54. The Balaban J connectivity index is 2.67. The topological polar surface area (TPSA) is 92.4 Å². The Kier molecular flexibility index (Phi) is 4.34. The fourth-order valence-electron chi connectivity index (χ4n) is 1.18. The molecule has 0 saturated heterocycles. The van der Waals surface area contributed by atoms with E-state index < -0.39 is 17.8 Å². The predicted molar refractivity (Wildman–Crippen MR) is 65.0 cm³/mol. The number of carbonyl (C=O) groups excluding carboxylic acids is 1. The van der Waals surface area contributed by atoms with E-state index in [9.17, 15) is 9.59 Å². The van der Waals surface area contributed by atoms with Gasteiger partial charge in [0.25, 0.3) is 5.91 Å². The quantitative estimate of drug-likeness (QED) is 0.710. The molecule has 0 aliphatic rings. The first-order valence-corrected chi connectivity index (χ1v) is 5.35. The Hall–Kier alpha value is -1.75. The van der Waals surface area contributed by atoms with Crippen molar-refractivity contribution in [2.24, 2.45) is 5.92 Å². The number of rotatable bonds is 4. The molecule has 4 N–H and O–H groups in total. The van der Waals surface area contributed by atoms with Gasteiger partial charge < -0.3 is 16.2 Å². The molecule has 0 bridgehead atoms. The van der Waals surface area contributed by atoms with Gasteiger partial charge in [-0.1, -0.05) is 18.5 Å². The SMILES string of the molecule is CC(CNC(=O)c1cc(N)cc(Cl)c1)C(=O)O. The summed E-state index contributed by atoms with van der Waals surface area (Å²) in [6, 6.07) is 4.48. The highest BCUT2D eigenvalue weighted by atomic mass is 35.5. The molecule has 17 heavy (non-hydrogen) atoms. The molecular weight excluding hydrogens is 244 g/mol. The lowest BCUT2D eigenvalue weighted by atomic mass is 10.1. The lowest BCUT2D eigenvalue weighted by molar-refractivity contribution is -0.140. The number of hydrogen-bond donors (Lipinski definition) is 3. The molecule has 1 amide bonds. The van der Waals surface area contributed by atoms with Crippen molar-refractivity contribution < 1.29 is 14.7 Å². The number of aliphatic carboxylic acids is 1. The average Bonchev–Trinajstić information content (AvgIpc) is 2.23. The van der Waals surface area contributed by atoms with E-state index in [1.165, 1.54) is 25.1 Å². The summed E-state index contributed by atoms with van der Waals surface area (Å²) in [5.41, 5.74) is 6.24. The van der Waals surface area contributed by atoms with Crippen LogP contribution in [0.1, 0.15) is 17.3 Å². The summed E-state index contributed by atoms with van der Waals surface area (Å²) in [7, 11) is 0. The minimum absolute atomic E-state index is 0.0561. The zero-order valence-corrected chi connectivity index (χ0v) is 9.99. The minimum atomic E-state index is -0.962. The van der Waals surface area contributed by atoms with E-state index in [0.717, 1.165) is 0 Å². The third-order valence-electron chi connectivity index (χ3n) is 2.17. The van der Waals surface area contributed by atoms with Crippen LogP contribution in [0.15, 0.2) is 18.2 Å². The van der Waals surface area contributed by atoms with Crippen molar-refractivity contribution in [2.45, 2.75) is 6.92 Å². The fourth-order valence-corrected chi connectivity index (χ4v) is 1.42.